The van der Waals surface area contributed by atoms with Crippen LogP contribution in [0.3, 0.4) is 0 Å². The third kappa shape index (κ3) is 3.95. The van der Waals surface area contributed by atoms with Crippen molar-refractivity contribution in [3.8, 4) is 11.5 Å². The number of ether oxygens (including phenoxy) is 2. The Morgan fingerprint density at radius 3 is 2.59 bits per heavy atom. The van der Waals surface area contributed by atoms with Crippen molar-refractivity contribution in [2.24, 2.45) is 0 Å². The Labute approximate surface area is 158 Å². The van der Waals surface area contributed by atoms with Crippen LogP contribution < -0.4 is 14.8 Å². The molecule has 3 rings (SSSR count). The van der Waals surface area contributed by atoms with Crippen LogP contribution in [0.25, 0.3) is 0 Å². The predicted molar refractivity (Wildman–Crippen MR) is 105 cm³/mol. The van der Waals surface area contributed by atoms with Gasteiger partial charge in [0.15, 0.2) is 0 Å². The van der Waals surface area contributed by atoms with E-state index in [0.29, 0.717) is 23.5 Å². The number of hydrogen-bond acceptors (Lipinski definition) is 4. The molecule has 1 N–H and O–H groups in total. The van der Waals surface area contributed by atoms with E-state index in [1.165, 1.54) is 0 Å². The fourth-order valence-electron chi connectivity index (χ4n) is 2.99. The van der Waals surface area contributed by atoms with Gasteiger partial charge in [-0.25, -0.2) is 0 Å². The molecule has 0 radical (unpaired) electrons. The Kier molecular flexibility index (Phi) is 5.45. The number of para-hydroxylation sites is 1. The van der Waals surface area contributed by atoms with Crippen molar-refractivity contribution in [2.75, 3.05) is 19.5 Å². The molecule has 0 aliphatic heterocycles. The average Bonchev–Trinajstić information content (AvgIpc) is 2.95. The molecule has 6 nitrogen and oxygen atoms in total. The summed E-state index contributed by atoms with van der Waals surface area (Å²) in [5, 5.41) is 7.55. The molecule has 2 aromatic carbocycles. The van der Waals surface area contributed by atoms with Gasteiger partial charge in [-0.2, -0.15) is 5.10 Å². The molecule has 0 unspecified atom stereocenters. The molecule has 1 heterocycles. The maximum absolute atomic E-state index is 12.7. The molecule has 140 valence electrons. The molecule has 6 heteroatoms. The van der Waals surface area contributed by atoms with Crippen LogP contribution in [-0.2, 0) is 6.54 Å². The number of aromatic nitrogens is 2. The summed E-state index contributed by atoms with van der Waals surface area (Å²) in [4.78, 5) is 12.7. The molecular formula is C21H23N3O3. The molecule has 0 aliphatic rings. The number of methoxy groups -OCH3 is 2. The van der Waals surface area contributed by atoms with Crippen LogP contribution in [0, 0.1) is 13.8 Å². The third-order valence-corrected chi connectivity index (χ3v) is 4.44. The van der Waals surface area contributed by atoms with Gasteiger partial charge in [0.25, 0.3) is 5.91 Å². The summed E-state index contributed by atoms with van der Waals surface area (Å²) in [6.07, 6.45) is 0. The van der Waals surface area contributed by atoms with E-state index in [1.807, 2.05) is 54.9 Å². The number of carbonyl (C=O) groups excluding carboxylic acids is 1. The highest BCUT2D eigenvalue weighted by atomic mass is 16.5. The fraction of sp³-hybridized carbons (Fsp3) is 0.238. The number of carbonyl (C=O) groups is 1. The zero-order chi connectivity index (χ0) is 19.4. The van der Waals surface area contributed by atoms with Crippen LogP contribution in [0.4, 0.5) is 5.69 Å². The van der Waals surface area contributed by atoms with Crippen LogP contribution >= 0.6 is 0 Å². The van der Waals surface area contributed by atoms with Gasteiger partial charge in [-0.05, 0) is 43.7 Å². The summed E-state index contributed by atoms with van der Waals surface area (Å²) < 4.78 is 12.4. The zero-order valence-corrected chi connectivity index (χ0v) is 15.9. The van der Waals surface area contributed by atoms with E-state index in [1.54, 1.807) is 26.4 Å². The average molecular weight is 365 g/mol. The molecule has 27 heavy (non-hydrogen) atoms. The summed E-state index contributed by atoms with van der Waals surface area (Å²) in [5.41, 5.74) is 3.92. The number of nitrogens with zero attached hydrogens (tertiary/aromatic N) is 2. The third-order valence-electron chi connectivity index (χ3n) is 4.44. The van der Waals surface area contributed by atoms with E-state index in [0.717, 1.165) is 22.7 Å². The quantitative estimate of drug-likeness (QED) is 0.721. The van der Waals surface area contributed by atoms with Crippen LogP contribution in [0.1, 0.15) is 27.3 Å². The van der Waals surface area contributed by atoms with Gasteiger partial charge in [-0.1, -0.05) is 24.3 Å². The normalized spacial score (nSPS) is 10.5. The van der Waals surface area contributed by atoms with Crippen molar-refractivity contribution < 1.29 is 14.3 Å². The van der Waals surface area contributed by atoms with Crippen molar-refractivity contribution in [1.29, 1.82) is 0 Å². The summed E-state index contributed by atoms with van der Waals surface area (Å²) in [6.45, 7) is 4.42. The molecule has 0 bridgehead atoms. The zero-order valence-electron chi connectivity index (χ0n) is 15.9. The molecular weight excluding hydrogens is 342 g/mol. The number of rotatable bonds is 6. The molecule has 0 spiro atoms. The minimum absolute atomic E-state index is 0.223. The number of benzene rings is 2. The molecule has 1 amide bonds. The number of amides is 1. The summed E-state index contributed by atoms with van der Waals surface area (Å²) in [5.74, 6) is 1.12. The standard InChI is InChI=1S/C21H23N3O3/c1-14-20(22-21(25)18-10-5-6-11-19(18)27-4)15(2)24(23-14)13-16-8-7-9-17(12-16)26-3/h5-12H,13H2,1-4H3,(H,22,25). The number of anilines is 1. The first-order valence-corrected chi connectivity index (χ1v) is 8.64. The summed E-state index contributed by atoms with van der Waals surface area (Å²) >= 11 is 0. The van der Waals surface area contributed by atoms with Crippen molar-refractivity contribution in [3.05, 3.63) is 71.0 Å². The lowest BCUT2D eigenvalue weighted by atomic mass is 10.1. The van der Waals surface area contributed by atoms with Crippen molar-refractivity contribution in [3.63, 3.8) is 0 Å². The molecule has 0 saturated heterocycles. The van der Waals surface area contributed by atoms with E-state index >= 15 is 0 Å². The van der Waals surface area contributed by atoms with Gasteiger partial charge in [0.1, 0.15) is 11.5 Å². The van der Waals surface area contributed by atoms with Gasteiger partial charge in [0, 0.05) is 0 Å². The SMILES string of the molecule is COc1cccc(Cn2nc(C)c(NC(=O)c3ccccc3OC)c2C)c1. The number of hydrogen-bond donors (Lipinski definition) is 1. The highest BCUT2D eigenvalue weighted by molar-refractivity contribution is 6.06. The minimum atomic E-state index is -0.223. The Hall–Kier alpha value is -3.28. The lowest BCUT2D eigenvalue weighted by molar-refractivity contribution is 0.102. The summed E-state index contributed by atoms with van der Waals surface area (Å²) in [6, 6.07) is 15.0. The van der Waals surface area contributed by atoms with Gasteiger partial charge < -0.3 is 14.8 Å². The first-order valence-electron chi connectivity index (χ1n) is 8.64. The van der Waals surface area contributed by atoms with Crippen molar-refractivity contribution in [2.45, 2.75) is 20.4 Å². The lowest BCUT2D eigenvalue weighted by Crippen LogP contribution is -2.14. The highest BCUT2D eigenvalue weighted by Gasteiger charge is 2.17. The van der Waals surface area contributed by atoms with E-state index in [-0.39, 0.29) is 5.91 Å². The summed E-state index contributed by atoms with van der Waals surface area (Å²) in [7, 11) is 3.20. The number of aryl methyl sites for hydroxylation is 1. The molecule has 0 aliphatic carbocycles. The Morgan fingerprint density at radius 2 is 1.85 bits per heavy atom. The van der Waals surface area contributed by atoms with Gasteiger partial charge in [-0.3, -0.25) is 9.48 Å². The van der Waals surface area contributed by atoms with Gasteiger partial charge in [0.05, 0.1) is 43.4 Å². The highest BCUT2D eigenvalue weighted by Crippen LogP contribution is 2.24. The maximum atomic E-state index is 12.7. The number of nitrogens with one attached hydrogen (secondary N) is 1. The van der Waals surface area contributed by atoms with Crippen molar-refractivity contribution >= 4 is 11.6 Å². The lowest BCUT2D eigenvalue weighted by Gasteiger charge is -2.10. The smallest absolute Gasteiger partial charge is 0.259 e. The van der Waals surface area contributed by atoms with Gasteiger partial charge in [0.2, 0.25) is 0 Å². The molecule has 0 fully saturated rings. The topological polar surface area (TPSA) is 65.4 Å². The minimum Gasteiger partial charge on any atom is -0.497 e. The molecule has 3 aromatic rings. The monoisotopic (exact) mass is 365 g/mol. The fourth-order valence-corrected chi connectivity index (χ4v) is 2.99. The molecule has 1 aromatic heterocycles. The van der Waals surface area contributed by atoms with Crippen molar-refractivity contribution in [1.82, 2.24) is 9.78 Å². The first-order chi connectivity index (χ1) is 13.0. The van der Waals surface area contributed by atoms with Crippen LogP contribution in [0.2, 0.25) is 0 Å². The van der Waals surface area contributed by atoms with E-state index in [4.69, 9.17) is 9.47 Å². The van der Waals surface area contributed by atoms with E-state index < -0.39 is 0 Å². The second-order valence-electron chi connectivity index (χ2n) is 6.21. The van der Waals surface area contributed by atoms with Crippen LogP contribution in [0.5, 0.6) is 11.5 Å². The Morgan fingerprint density at radius 1 is 1.07 bits per heavy atom. The van der Waals surface area contributed by atoms with E-state index in [2.05, 4.69) is 10.4 Å². The molecule has 0 saturated carbocycles. The second kappa shape index (κ2) is 7.95. The van der Waals surface area contributed by atoms with Gasteiger partial charge in [-0.15, -0.1) is 0 Å². The van der Waals surface area contributed by atoms with Crippen LogP contribution in [-0.4, -0.2) is 29.9 Å². The maximum Gasteiger partial charge on any atom is 0.259 e. The Bertz CT molecular complexity index is 963. The first kappa shape index (κ1) is 18.5. The van der Waals surface area contributed by atoms with E-state index in [9.17, 15) is 4.79 Å². The second-order valence-corrected chi connectivity index (χ2v) is 6.21. The molecule has 0 atom stereocenters. The largest absolute Gasteiger partial charge is 0.497 e. The van der Waals surface area contributed by atoms with Crippen LogP contribution in [0.15, 0.2) is 48.5 Å². The Balaban J connectivity index is 1.84. The predicted octanol–water partition coefficient (Wildman–Crippen LogP) is 3.82. The van der Waals surface area contributed by atoms with Gasteiger partial charge >= 0.3 is 0 Å².